The molecular formula is C14H26N4. The molecule has 0 amide bonds. The van der Waals surface area contributed by atoms with E-state index in [0.29, 0.717) is 12.1 Å². The Morgan fingerprint density at radius 2 is 2.28 bits per heavy atom. The molecule has 0 spiro atoms. The van der Waals surface area contributed by atoms with Gasteiger partial charge in [-0.15, -0.1) is 0 Å². The topological polar surface area (TPSA) is 33.1 Å². The second kappa shape index (κ2) is 5.74. The number of aryl methyl sites for hydroxylation is 1. The maximum absolute atomic E-state index is 4.30. The van der Waals surface area contributed by atoms with E-state index in [1.807, 2.05) is 17.9 Å². The third kappa shape index (κ3) is 3.05. The molecular weight excluding hydrogens is 224 g/mol. The van der Waals surface area contributed by atoms with E-state index in [1.54, 1.807) is 0 Å². The number of piperazine rings is 1. The molecule has 2 unspecified atom stereocenters. The number of rotatable bonds is 4. The normalized spacial score (nSPS) is 24.8. The zero-order chi connectivity index (χ0) is 13.1. The number of nitrogens with one attached hydrogen (secondary N) is 1. The molecule has 4 heteroatoms. The van der Waals surface area contributed by atoms with Crippen molar-refractivity contribution < 1.29 is 0 Å². The minimum atomic E-state index is 0.595. The molecule has 0 aliphatic carbocycles. The van der Waals surface area contributed by atoms with Gasteiger partial charge in [0.25, 0.3) is 0 Å². The van der Waals surface area contributed by atoms with Gasteiger partial charge in [0.15, 0.2) is 0 Å². The summed E-state index contributed by atoms with van der Waals surface area (Å²) in [5.74, 6) is 0.747. The highest BCUT2D eigenvalue weighted by atomic mass is 15.3. The zero-order valence-electron chi connectivity index (χ0n) is 12.1. The van der Waals surface area contributed by atoms with Gasteiger partial charge in [-0.05, 0) is 18.8 Å². The molecule has 2 heterocycles. The van der Waals surface area contributed by atoms with Gasteiger partial charge in [-0.1, -0.05) is 20.8 Å². The fraction of sp³-hybridized carbons (Fsp3) is 0.786. The summed E-state index contributed by atoms with van der Waals surface area (Å²) in [6, 6.07) is 1.20. The third-order valence-electron chi connectivity index (χ3n) is 3.75. The van der Waals surface area contributed by atoms with Crippen LogP contribution >= 0.6 is 0 Å². The van der Waals surface area contributed by atoms with Crippen molar-refractivity contribution in [1.29, 1.82) is 0 Å². The summed E-state index contributed by atoms with van der Waals surface area (Å²) in [6.45, 7) is 9.04. The number of nitrogens with zero attached hydrogens (tertiary/aromatic N) is 3. The van der Waals surface area contributed by atoms with Crippen LogP contribution < -0.4 is 10.2 Å². The van der Waals surface area contributed by atoms with Gasteiger partial charge in [0, 0.05) is 38.4 Å². The fourth-order valence-electron chi connectivity index (χ4n) is 2.83. The van der Waals surface area contributed by atoms with E-state index in [2.05, 4.69) is 42.3 Å². The van der Waals surface area contributed by atoms with E-state index >= 15 is 0 Å². The van der Waals surface area contributed by atoms with Crippen LogP contribution in [0, 0.1) is 5.92 Å². The van der Waals surface area contributed by atoms with Crippen LogP contribution in [0.15, 0.2) is 12.4 Å². The van der Waals surface area contributed by atoms with Gasteiger partial charge >= 0.3 is 0 Å². The highest BCUT2D eigenvalue weighted by Crippen LogP contribution is 2.22. The number of aromatic nitrogens is 2. The Hall–Kier alpha value is -1.03. The van der Waals surface area contributed by atoms with Gasteiger partial charge in [0.1, 0.15) is 0 Å². The van der Waals surface area contributed by atoms with Crippen molar-refractivity contribution in [2.75, 3.05) is 18.0 Å². The third-order valence-corrected chi connectivity index (χ3v) is 3.75. The van der Waals surface area contributed by atoms with Crippen LogP contribution in [-0.4, -0.2) is 35.0 Å². The highest BCUT2D eigenvalue weighted by molar-refractivity contribution is 5.44. The van der Waals surface area contributed by atoms with Crippen molar-refractivity contribution in [3.63, 3.8) is 0 Å². The second-order valence-electron chi connectivity index (χ2n) is 5.82. The van der Waals surface area contributed by atoms with Gasteiger partial charge in [-0.25, -0.2) is 0 Å². The Labute approximate surface area is 110 Å². The van der Waals surface area contributed by atoms with Crippen LogP contribution in [0.25, 0.3) is 0 Å². The lowest BCUT2D eigenvalue weighted by molar-refractivity contribution is 0.343. The Morgan fingerprint density at radius 1 is 1.50 bits per heavy atom. The molecule has 0 radical (unpaired) electrons. The predicted octanol–water partition coefficient (Wildman–Crippen LogP) is 2.02. The van der Waals surface area contributed by atoms with Gasteiger partial charge in [0.2, 0.25) is 0 Å². The monoisotopic (exact) mass is 250 g/mol. The lowest BCUT2D eigenvalue weighted by atomic mass is 9.99. The van der Waals surface area contributed by atoms with E-state index in [0.717, 1.165) is 19.0 Å². The summed E-state index contributed by atoms with van der Waals surface area (Å²) < 4.78 is 1.89. The summed E-state index contributed by atoms with van der Waals surface area (Å²) in [6.07, 6.45) is 6.53. The van der Waals surface area contributed by atoms with Crippen molar-refractivity contribution in [1.82, 2.24) is 15.1 Å². The van der Waals surface area contributed by atoms with Crippen molar-refractivity contribution in [2.24, 2.45) is 13.0 Å². The van der Waals surface area contributed by atoms with E-state index in [-0.39, 0.29) is 0 Å². The standard InChI is InChI=1S/C14H26N4/c1-5-13-7-15-12(6-11(2)3)9-18(13)14-8-16-17(4)10-14/h8,10-13,15H,5-7,9H2,1-4H3. The van der Waals surface area contributed by atoms with Crippen LogP contribution in [0.1, 0.15) is 33.6 Å². The first-order valence-corrected chi connectivity index (χ1v) is 7.08. The van der Waals surface area contributed by atoms with Crippen molar-refractivity contribution in [2.45, 2.75) is 45.7 Å². The summed E-state index contributed by atoms with van der Waals surface area (Å²) in [4.78, 5) is 2.52. The number of anilines is 1. The molecule has 1 aliphatic rings. The molecule has 0 bridgehead atoms. The Morgan fingerprint density at radius 3 is 2.83 bits per heavy atom. The van der Waals surface area contributed by atoms with Crippen molar-refractivity contribution >= 4 is 5.69 Å². The smallest absolute Gasteiger partial charge is 0.0755 e. The van der Waals surface area contributed by atoms with Crippen molar-refractivity contribution in [3.8, 4) is 0 Å². The molecule has 1 aromatic rings. The molecule has 1 aliphatic heterocycles. The average molecular weight is 250 g/mol. The minimum absolute atomic E-state index is 0.595. The van der Waals surface area contributed by atoms with E-state index in [4.69, 9.17) is 0 Å². The first kappa shape index (κ1) is 13.4. The van der Waals surface area contributed by atoms with Crippen molar-refractivity contribution in [3.05, 3.63) is 12.4 Å². The maximum Gasteiger partial charge on any atom is 0.0755 e. The first-order chi connectivity index (χ1) is 8.60. The largest absolute Gasteiger partial charge is 0.363 e. The molecule has 2 rings (SSSR count). The Bertz CT molecular complexity index is 372. The first-order valence-electron chi connectivity index (χ1n) is 7.08. The molecule has 18 heavy (non-hydrogen) atoms. The molecule has 0 aromatic carbocycles. The van der Waals surface area contributed by atoms with Gasteiger partial charge in [-0.2, -0.15) is 5.10 Å². The highest BCUT2D eigenvalue weighted by Gasteiger charge is 2.27. The maximum atomic E-state index is 4.30. The zero-order valence-corrected chi connectivity index (χ0v) is 12.1. The van der Waals surface area contributed by atoms with E-state index in [1.165, 1.54) is 18.5 Å². The van der Waals surface area contributed by atoms with Crippen LogP contribution in [0.4, 0.5) is 5.69 Å². The molecule has 1 aromatic heterocycles. The second-order valence-corrected chi connectivity index (χ2v) is 5.82. The summed E-state index contributed by atoms with van der Waals surface area (Å²) in [5, 5.41) is 7.99. The molecule has 1 fully saturated rings. The molecule has 4 nitrogen and oxygen atoms in total. The SMILES string of the molecule is CCC1CNC(CC(C)C)CN1c1cnn(C)c1. The summed E-state index contributed by atoms with van der Waals surface area (Å²) in [5.41, 5.74) is 1.26. The lowest BCUT2D eigenvalue weighted by Crippen LogP contribution is -2.56. The lowest BCUT2D eigenvalue weighted by Gasteiger charge is -2.41. The quantitative estimate of drug-likeness (QED) is 0.887. The Kier molecular flexibility index (Phi) is 4.27. The molecule has 0 saturated carbocycles. The number of hydrogen-bond acceptors (Lipinski definition) is 3. The number of hydrogen-bond donors (Lipinski definition) is 1. The van der Waals surface area contributed by atoms with Gasteiger partial charge in [0.05, 0.1) is 11.9 Å². The predicted molar refractivity (Wildman–Crippen MR) is 75.9 cm³/mol. The summed E-state index contributed by atoms with van der Waals surface area (Å²) in [7, 11) is 1.98. The molecule has 2 atom stereocenters. The van der Waals surface area contributed by atoms with Crippen LogP contribution in [0.5, 0.6) is 0 Å². The molecule has 1 N–H and O–H groups in total. The van der Waals surface area contributed by atoms with Crippen LogP contribution in [0.2, 0.25) is 0 Å². The van der Waals surface area contributed by atoms with Gasteiger partial charge < -0.3 is 10.2 Å². The minimum Gasteiger partial charge on any atom is -0.363 e. The van der Waals surface area contributed by atoms with Crippen LogP contribution in [0.3, 0.4) is 0 Å². The van der Waals surface area contributed by atoms with Gasteiger partial charge in [-0.3, -0.25) is 4.68 Å². The van der Waals surface area contributed by atoms with E-state index < -0.39 is 0 Å². The van der Waals surface area contributed by atoms with E-state index in [9.17, 15) is 0 Å². The molecule has 102 valence electrons. The fourth-order valence-corrected chi connectivity index (χ4v) is 2.83. The summed E-state index contributed by atoms with van der Waals surface area (Å²) >= 11 is 0. The van der Waals surface area contributed by atoms with Crippen LogP contribution in [-0.2, 0) is 7.05 Å². The average Bonchev–Trinajstić information content (AvgIpc) is 2.75. The Balaban J connectivity index is 2.08. The molecule has 1 saturated heterocycles.